The number of nitrogens with one attached hydrogen (secondary N) is 1. The molecule has 0 unspecified atom stereocenters. The van der Waals surface area contributed by atoms with E-state index in [0.29, 0.717) is 36.8 Å². The van der Waals surface area contributed by atoms with Crippen molar-refractivity contribution in [2.45, 2.75) is 49.4 Å². The molecule has 12 heteroatoms. The van der Waals surface area contributed by atoms with E-state index in [-0.39, 0.29) is 28.6 Å². The van der Waals surface area contributed by atoms with Gasteiger partial charge in [0.05, 0.1) is 28.2 Å². The lowest BCUT2D eigenvalue weighted by Gasteiger charge is -2.12. The van der Waals surface area contributed by atoms with Crippen molar-refractivity contribution < 1.29 is 32.3 Å². The molecule has 1 saturated carbocycles. The zero-order valence-electron chi connectivity index (χ0n) is 20.1. The number of thiazole rings is 1. The molecule has 10 nitrogen and oxygen atoms in total. The maximum absolute atomic E-state index is 13.1. The summed E-state index contributed by atoms with van der Waals surface area (Å²) < 4.78 is 40.5. The van der Waals surface area contributed by atoms with Crippen LogP contribution < -0.4 is 5.32 Å². The number of methoxy groups -OCH3 is 3. The van der Waals surface area contributed by atoms with Crippen molar-refractivity contribution >= 4 is 37.9 Å². The second-order valence-electron chi connectivity index (χ2n) is 8.05. The topological polar surface area (TPSA) is 125 Å². The number of oxime groups is 1. The molecule has 0 bridgehead atoms. The van der Waals surface area contributed by atoms with Crippen LogP contribution in [0.5, 0.6) is 0 Å². The van der Waals surface area contributed by atoms with Gasteiger partial charge in [0.15, 0.2) is 20.7 Å². The Hall–Kier alpha value is -2.38. The number of aromatic nitrogens is 1. The third kappa shape index (κ3) is 7.80. The molecule has 0 saturated heterocycles. The third-order valence-corrected chi connectivity index (χ3v) is 8.19. The number of carbonyl (C=O) groups excluding carboxylic acids is 1. The molecule has 1 aromatic heterocycles. The van der Waals surface area contributed by atoms with Crippen LogP contribution in [0.2, 0.25) is 0 Å². The zero-order valence-corrected chi connectivity index (χ0v) is 21.7. The van der Waals surface area contributed by atoms with Crippen molar-refractivity contribution in [1.29, 1.82) is 0 Å². The Balaban J connectivity index is 1.80. The number of anilines is 1. The molecule has 1 N–H and O–H groups in total. The number of rotatable bonds is 13. The van der Waals surface area contributed by atoms with E-state index in [1.165, 1.54) is 30.6 Å². The van der Waals surface area contributed by atoms with Gasteiger partial charge in [-0.25, -0.2) is 13.4 Å². The fourth-order valence-electron chi connectivity index (χ4n) is 3.62. The van der Waals surface area contributed by atoms with Crippen LogP contribution in [0, 0.1) is 0 Å². The maximum atomic E-state index is 13.1. The lowest BCUT2D eigenvalue weighted by Crippen LogP contribution is -2.25. The fourth-order valence-corrected chi connectivity index (χ4v) is 5.69. The Labute approximate surface area is 209 Å². The van der Waals surface area contributed by atoms with Crippen LogP contribution in [0.15, 0.2) is 40.5 Å². The van der Waals surface area contributed by atoms with Crippen molar-refractivity contribution in [2.75, 3.05) is 39.0 Å². The molecule has 1 heterocycles. The van der Waals surface area contributed by atoms with E-state index in [1.807, 2.05) is 0 Å². The Morgan fingerprint density at radius 2 is 1.89 bits per heavy atom. The number of carbonyl (C=O) groups is 1. The van der Waals surface area contributed by atoms with Gasteiger partial charge in [0.2, 0.25) is 0 Å². The standard InChI is InChI=1S/C23H31N3O7S2/c1-30-11-4-12-35(28,29)20-9-5-16(6-10-20)21(26-33-18-8-7-17(13-18)32-3)22(27)25-23-24-14-19(34-23)15-31-2/h5-6,9-10,14,17-18H,4,7-8,11-13,15H2,1-3H3,(H,24,25,27)/t17-,18-/m1/s1. The van der Waals surface area contributed by atoms with Gasteiger partial charge in [-0.2, -0.15) is 0 Å². The number of hydrogen-bond acceptors (Lipinski definition) is 10. The number of benzene rings is 1. The van der Waals surface area contributed by atoms with Gasteiger partial charge in [-0.15, -0.1) is 0 Å². The smallest absolute Gasteiger partial charge is 0.280 e. The normalized spacial score (nSPS) is 18.5. The maximum Gasteiger partial charge on any atom is 0.280 e. The summed E-state index contributed by atoms with van der Waals surface area (Å²) in [6.07, 6.45) is 4.26. The van der Waals surface area contributed by atoms with Crippen molar-refractivity contribution in [3.05, 3.63) is 40.9 Å². The molecule has 0 aliphatic heterocycles. The summed E-state index contributed by atoms with van der Waals surface area (Å²) in [7, 11) is 1.30. The molecule has 1 amide bonds. The molecule has 0 radical (unpaired) electrons. The first-order valence-electron chi connectivity index (χ1n) is 11.2. The van der Waals surface area contributed by atoms with Crippen LogP contribution in [-0.4, -0.2) is 70.9 Å². The minimum atomic E-state index is -3.47. The predicted molar refractivity (Wildman–Crippen MR) is 133 cm³/mol. The fraction of sp³-hybridized carbons (Fsp3) is 0.522. The predicted octanol–water partition coefficient (Wildman–Crippen LogP) is 3.03. The summed E-state index contributed by atoms with van der Waals surface area (Å²) in [5.41, 5.74) is 0.450. The van der Waals surface area contributed by atoms with Crippen molar-refractivity contribution in [2.24, 2.45) is 5.16 Å². The van der Waals surface area contributed by atoms with Crippen LogP contribution in [0.3, 0.4) is 0 Å². The van der Waals surface area contributed by atoms with Gasteiger partial charge in [-0.3, -0.25) is 10.1 Å². The van der Waals surface area contributed by atoms with E-state index in [2.05, 4.69) is 15.5 Å². The Kier molecular flexibility index (Phi) is 10.2. The molecule has 2 atom stereocenters. The highest BCUT2D eigenvalue weighted by atomic mass is 32.2. The van der Waals surface area contributed by atoms with E-state index < -0.39 is 15.7 Å². The molecule has 1 aliphatic carbocycles. The SMILES string of the molecule is COCCCS(=O)(=O)c1ccc(C(=NO[C@@H]2CC[C@@H](OC)C2)C(=O)Nc2ncc(COC)s2)cc1. The lowest BCUT2D eigenvalue weighted by atomic mass is 10.1. The Morgan fingerprint density at radius 1 is 1.14 bits per heavy atom. The Bertz CT molecular complexity index is 1100. The highest BCUT2D eigenvalue weighted by molar-refractivity contribution is 7.91. The highest BCUT2D eigenvalue weighted by Crippen LogP contribution is 2.25. The van der Waals surface area contributed by atoms with Crippen LogP contribution in [0.25, 0.3) is 0 Å². The second kappa shape index (κ2) is 13.1. The summed E-state index contributed by atoms with van der Waals surface area (Å²) in [6, 6.07) is 6.04. The van der Waals surface area contributed by atoms with E-state index >= 15 is 0 Å². The number of sulfone groups is 1. The Morgan fingerprint density at radius 3 is 2.54 bits per heavy atom. The summed E-state index contributed by atoms with van der Waals surface area (Å²) in [5.74, 6) is -0.540. The molecular weight excluding hydrogens is 494 g/mol. The van der Waals surface area contributed by atoms with Gasteiger partial charge in [0.25, 0.3) is 5.91 Å². The van der Waals surface area contributed by atoms with E-state index in [0.717, 1.165) is 17.7 Å². The van der Waals surface area contributed by atoms with E-state index in [1.54, 1.807) is 32.5 Å². The van der Waals surface area contributed by atoms with Gasteiger partial charge < -0.3 is 19.0 Å². The van der Waals surface area contributed by atoms with Crippen molar-refractivity contribution in [3.8, 4) is 0 Å². The minimum absolute atomic E-state index is 0.0256. The largest absolute Gasteiger partial charge is 0.392 e. The number of ether oxygens (including phenoxy) is 3. The molecule has 0 spiro atoms. The summed E-state index contributed by atoms with van der Waals surface area (Å²) >= 11 is 1.29. The quantitative estimate of drug-likeness (QED) is 0.240. The summed E-state index contributed by atoms with van der Waals surface area (Å²) in [4.78, 5) is 24.0. The monoisotopic (exact) mass is 525 g/mol. The van der Waals surface area contributed by atoms with Gasteiger partial charge in [-0.05, 0) is 31.4 Å². The molecule has 3 rings (SSSR count). The van der Waals surface area contributed by atoms with Gasteiger partial charge in [0.1, 0.15) is 6.10 Å². The summed E-state index contributed by atoms with van der Waals surface area (Å²) in [6.45, 7) is 0.750. The minimum Gasteiger partial charge on any atom is -0.392 e. The number of amides is 1. The first-order chi connectivity index (χ1) is 16.9. The van der Waals surface area contributed by atoms with Crippen LogP contribution in [-0.2, 0) is 40.3 Å². The molecule has 35 heavy (non-hydrogen) atoms. The number of hydrogen-bond donors (Lipinski definition) is 1. The van der Waals surface area contributed by atoms with Gasteiger partial charge >= 0.3 is 0 Å². The van der Waals surface area contributed by atoms with Crippen LogP contribution in [0.1, 0.15) is 36.1 Å². The van der Waals surface area contributed by atoms with Gasteiger partial charge in [0, 0.05) is 46.1 Å². The molecule has 1 fully saturated rings. The lowest BCUT2D eigenvalue weighted by molar-refractivity contribution is -0.110. The first kappa shape index (κ1) is 27.2. The van der Waals surface area contributed by atoms with E-state index in [9.17, 15) is 13.2 Å². The summed E-state index contributed by atoms with van der Waals surface area (Å²) in [5, 5.41) is 7.31. The average Bonchev–Trinajstić information content (AvgIpc) is 3.49. The molecule has 1 aromatic carbocycles. The second-order valence-corrected chi connectivity index (χ2v) is 11.3. The molecule has 192 valence electrons. The zero-order chi connectivity index (χ0) is 25.3. The molecule has 2 aromatic rings. The van der Waals surface area contributed by atoms with Crippen LogP contribution >= 0.6 is 11.3 Å². The number of nitrogens with zero attached hydrogens (tertiary/aromatic N) is 2. The van der Waals surface area contributed by atoms with E-state index in [4.69, 9.17) is 19.0 Å². The first-order valence-corrected chi connectivity index (χ1v) is 13.7. The van der Waals surface area contributed by atoms with Crippen molar-refractivity contribution in [3.63, 3.8) is 0 Å². The molecular formula is C23H31N3O7S2. The molecule has 1 aliphatic rings. The van der Waals surface area contributed by atoms with Crippen molar-refractivity contribution in [1.82, 2.24) is 4.98 Å². The van der Waals surface area contributed by atoms with Crippen LogP contribution in [0.4, 0.5) is 5.13 Å². The van der Waals surface area contributed by atoms with Gasteiger partial charge in [-0.1, -0.05) is 28.6 Å². The highest BCUT2D eigenvalue weighted by Gasteiger charge is 2.27. The average molecular weight is 526 g/mol. The third-order valence-electron chi connectivity index (χ3n) is 5.49.